The van der Waals surface area contributed by atoms with Crippen LogP contribution in [0.4, 0.5) is 5.69 Å². The summed E-state index contributed by atoms with van der Waals surface area (Å²) in [6.07, 6.45) is 1.10. The highest BCUT2D eigenvalue weighted by Crippen LogP contribution is 2.30. The molecule has 0 radical (unpaired) electrons. The highest BCUT2D eigenvalue weighted by molar-refractivity contribution is 8.03. The molecule has 0 atom stereocenters. The average Bonchev–Trinajstić information content (AvgIpc) is 3.05. The van der Waals surface area contributed by atoms with Crippen molar-refractivity contribution in [3.05, 3.63) is 24.3 Å². The number of hydrogen-bond acceptors (Lipinski definition) is 8. The molecule has 1 amide bonds. The van der Waals surface area contributed by atoms with E-state index in [-0.39, 0.29) is 11.7 Å². The first-order chi connectivity index (χ1) is 11.7. The zero-order valence-corrected chi connectivity index (χ0v) is 16.3. The highest BCUT2D eigenvalue weighted by atomic mass is 32.2. The largest absolute Gasteiger partial charge is 0.324 e. The van der Waals surface area contributed by atoms with Gasteiger partial charge < -0.3 is 5.32 Å². The van der Waals surface area contributed by atoms with Gasteiger partial charge in [-0.05, 0) is 18.6 Å². The number of anilines is 1. The van der Waals surface area contributed by atoms with Crippen molar-refractivity contribution in [3.63, 3.8) is 0 Å². The van der Waals surface area contributed by atoms with Crippen LogP contribution in [0.5, 0.6) is 0 Å². The fourth-order valence-electron chi connectivity index (χ4n) is 1.62. The molecule has 9 heteroatoms. The maximum absolute atomic E-state index is 12.1. The number of hydrogen-bond donors (Lipinski definition) is 1. The van der Waals surface area contributed by atoms with Crippen LogP contribution in [-0.4, -0.2) is 33.4 Å². The Kier molecular flexibility index (Phi) is 8.45. The molecule has 2 aromatic rings. The summed E-state index contributed by atoms with van der Waals surface area (Å²) in [6, 6.07) is 9.58. The Bertz CT molecular complexity index is 713. The number of rotatable bonds is 9. The van der Waals surface area contributed by atoms with E-state index in [4.69, 9.17) is 5.26 Å². The first-order valence-electron chi connectivity index (χ1n) is 7.20. The van der Waals surface area contributed by atoms with Crippen LogP contribution < -0.4 is 5.32 Å². The summed E-state index contributed by atoms with van der Waals surface area (Å²) >= 11 is 6.00. The molecule has 1 N–H and O–H groups in total. The maximum atomic E-state index is 12.1. The van der Waals surface area contributed by atoms with Gasteiger partial charge in [0.05, 0.1) is 23.3 Å². The molecular weight excluding hydrogens is 380 g/mol. The molecule has 0 saturated heterocycles. The van der Waals surface area contributed by atoms with Crippen molar-refractivity contribution in [2.45, 2.75) is 26.9 Å². The van der Waals surface area contributed by atoms with Gasteiger partial charge in [-0.2, -0.15) is 5.26 Å². The molecule has 1 aromatic carbocycles. The van der Waals surface area contributed by atoms with E-state index in [0.717, 1.165) is 31.4 Å². The summed E-state index contributed by atoms with van der Waals surface area (Å²) in [7, 11) is 0. The van der Waals surface area contributed by atoms with E-state index in [1.165, 1.54) is 34.9 Å². The van der Waals surface area contributed by atoms with Crippen LogP contribution in [0.15, 0.2) is 37.8 Å². The van der Waals surface area contributed by atoms with Gasteiger partial charge in [0.1, 0.15) is 0 Å². The molecule has 0 saturated carbocycles. The molecule has 0 fully saturated rings. The van der Waals surface area contributed by atoms with Crippen LogP contribution in [0, 0.1) is 11.3 Å². The predicted octanol–water partition coefficient (Wildman–Crippen LogP) is 4.39. The van der Waals surface area contributed by atoms with Gasteiger partial charge in [0, 0.05) is 10.6 Å². The van der Waals surface area contributed by atoms with Crippen LogP contribution in [0.2, 0.25) is 0 Å². The normalized spacial score (nSPS) is 10.3. The van der Waals surface area contributed by atoms with Crippen molar-refractivity contribution in [3.8, 4) is 6.07 Å². The molecule has 0 aliphatic heterocycles. The second-order valence-corrected chi connectivity index (χ2v) is 9.02. The van der Waals surface area contributed by atoms with Gasteiger partial charge in [-0.15, -0.1) is 22.0 Å². The van der Waals surface area contributed by atoms with Gasteiger partial charge in [0.15, 0.2) is 8.68 Å². The molecule has 24 heavy (non-hydrogen) atoms. The van der Waals surface area contributed by atoms with Crippen LogP contribution >= 0.6 is 46.6 Å². The van der Waals surface area contributed by atoms with Crippen LogP contribution in [0.3, 0.4) is 0 Å². The minimum Gasteiger partial charge on any atom is -0.324 e. The van der Waals surface area contributed by atoms with E-state index >= 15 is 0 Å². The summed E-state index contributed by atoms with van der Waals surface area (Å²) < 4.78 is 1.74. The second kappa shape index (κ2) is 10.6. The zero-order chi connectivity index (χ0) is 17.2. The highest BCUT2D eigenvalue weighted by Gasteiger charge is 2.10. The summed E-state index contributed by atoms with van der Waals surface area (Å²) in [4.78, 5) is 13.0. The van der Waals surface area contributed by atoms with Gasteiger partial charge in [-0.25, -0.2) is 0 Å². The SMILES string of the molecule is CCCSc1nnc(SCC(=O)Nc2ccccc2SCC#N)s1. The molecule has 5 nitrogen and oxygen atoms in total. The van der Waals surface area contributed by atoms with E-state index in [1.54, 1.807) is 11.8 Å². The van der Waals surface area contributed by atoms with E-state index < -0.39 is 0 Å². The third-order valence-electron chi connectivity index (χ3n) is 2.60. The lowest BCUT2D eigenvalue weighted by Gasteiger charge is -2.08. The number of carbonyl (C=O) groups is 1. The molecule has 1 heterocycles. The number of nitrogens with zero attached hydrogens (tertiary/aromatic N) is 3. The second-order valence-electron chi connectivity index (χ2n) is 4.46. The molecule has 0 aliphatic carbocycles. The average molecular weight is 397 g/mol. The Morgan fingerprint density at radius 1 is 1.25 bits per heavy atom. The third kappa shape index (κ3) is 6.36. The van der Waals surface area contributed by atoms with E-state index in [9.17, 15) is 4.79 Å². The third-order valence-corrected chi connectivity index (χ3v) is 6.93. The number of carbonyl (C=O) groups excluding carboxylic acids is 1. The topological polar surface area (TPSA) is 78.7 Å². The smallest absolute Gasteiger partial charge is 0.234 e. The Morgan fingerprint density at radius 2 is 2.00 bits per heavy atom. The predicted molar refractivity (Wildman–Crippen MR) is 103 cm³/mol. The van der Waals surface area contributed by atoms with Gasteiger partial charge in [-0.3, -0.25) is 4.79 Å². The van der Waals surface area contributed by atoms with Crippen molar-refractivity contribution in [2.75, 3.05) is 22.6 Å². The molecule has 2 rings (SSSR count). The summed E-state index contributed by atoms with van der Waals surface area (Å²) in [5.74, 6) is 1.56. The lowest BCUT2D eigenvalue weighted by Crippen LogP contribution is -2.14. The number of nitriles is 1. The van der Waals surface area contributed by atoms with Crippen molar-refractivity contribution < 1.29 is 4.79 Å². The Balaban J connectivity index is 1.85. The monoisotopic (exact) mass is 396 g/mol. The lowest BCUT2D eigenvalue weighted by molar-refractivity contribution is -0.113. The zero-order valence-electron chi connectivity index (χ0n) is 13.0. The van der Waals surface area contributed by atoms with Gasteiger partial charge >= 0.3 is 0 Å². The van der Waals surface area contributed by atoms with Crippen molar-refractivity contribution in [2.24, 2.45) is 0 Å². The van der Waals surface area contributed by atoms with E-state index in [0.29, 0.717) is 5.75 Å². The van der Waals surface area contributed by atoms with Crippen molar-refractivity contribution in [1.82, 2.24) is 10.2 Å². The standard InChI is InChI=1S/C15H16N4OS4/c1-2-8-22-14-18-19-15(24-14)23-10-13(20)17-11-5-3-4-6-12(11)21-9-7-16/h3-6H,2,8-10H2,1H3,(H,17,20). The van der Waals surface area contributed by atoms with Gasteiger partial charge in [0.2, 0.25) is 5.91 Å². The fraction of sp³-hybridized carbons (Fsp3) is 0.333. The van der Waals surface area contributed by atoms with Gasteiger partial charge in [-0.1, -0.05) is 53.9 Å². The first kappa shape index (κ1) is 19.1. The minimum atomic E-state index is -0.0945. The number of amides is 1. The van der Waals surface area contributed by atoms with Crippen LogP contribution in [-0.2, 0) is 4.79 Å². The number of nitrogens with one attached hydrogen (secondary N) is 1. The van der Waals surface area contributed by atoms with Gasteiger partial charge in [0.25, 0.3) is 0 Å². The first-order valence-corrected chi connectivity index (χ1v) is 11.0. The summed E-state index contributed by atoms with van der Waals surface area (Å²) in [5, 5.41) is 19.8. The Labute approximate surface area is 158 Å². The van der Waals surface area contributed by atoms with E-state index in [2.05, 4.69) is 28.5 Å². The molecule has 0 aliphatic rings. The van der Waals surface area contributed by atoms with Crippen molar-refractivity contribution >= 4 is 58.2 Å². The number of para-hydroxylation sites is 1. The fourth-order valence-corrected chi connectivity index (χ4v) is 5.04. The quantitative estimate of drug-likeness (QED) is 0.630. The molecular formula is C15H16N4OS4. The lowest BCUT2D eigenvalue weighted by atomic mass is 10.3. The molecule has 0 unspecified atom stereocenters. The summed E-state index contributed by atoms with van der Waals surface area (Å²) in [6.45, 7) is 2.13. The Hall–Kier alpha value is -1.21. The minimum absolute atomic E-state index is 0.0945. The van der Waals surface area contributed by atoms with Crippen LogP contribution in [0.1, 0.15) is 13.3 Å². The number of thioether (sulfide) groups is 3. The maximum Gasteiger partial charge on any atom is 0.234 e. The molecule has 0 spiro atoms. The summed E-state index contributed by atoms with van der Waals surface area (Å²) in [5.41, 5.74) is 0.736. The molecule has 1 aromatic heterocycles. The Morgan fingerprint density at radius 3 is 2.75 bits per heavy atom. The van der Waals surface area contributed by atoms with E-state index in [1.807, 2.05) is 24.3 Å². The van der Waals surface area contributed by atoms with Crippen LogP contribution in [0.25, 0.3) is 0 Å². The number of benzene rings is 1. The molecule has 0 bridgehead atoms. The number of aromatic nitrogens is 2. The van der Waals surface area contributed by atoms with Crippen molar-refractivity contribution in [1.29, 1.82) is 5.26 Å². The molecule has 126 valence electrons.